The van der Waals surface area contributed by atoms with Crippen molar-refractivity contribution in [1.29, 1.82) is 0 Å². The van der Waals surface area contributed by atoms with Gasteiger partial charge in [-0.3, -0.25) is 9.69 Å². The first-order chi connectivity index (χ1) is 14.4. The molecule has 0 heterocycles. The monoisotopic (exact) mass is 415 g/mol. The number of nitrogens with zero attached hydrogens (tertiary/aromatic N) is 1. The van der Waals surface area contributed by atoms with Gasteiger partial charge in [0, 0.05) is 6.54 Å². The van der Waals surface area contributed by atoms with E-state index in [9.17, 15) is 15.0 Å². The summed E-state index contributed by atoms with van der Waals surface area (Å²) < 4.78 is 16.1. The highest BCUT2D eigenvalue weighted by molar-refractivity contribution is 5.74. The summed E-state index contributed by atoms with van der Waals surface area (Å²) in [4.78, 5) is 13.8. The largest absolute Gasteiger partial charge is 0.508 e. The molecule has 0 aliphatic rings. The number of hydrogen-bond donors (Lipinski definition) is 2. The van der Waals surface area contributed by atoms with Crippen molar-refractivity contribution in [2.24, 2.45) is 0 Å². The number of benzene rings is 2. The van der Waals surface area contributed by atoms with E-state index in [1.807, 2.05) is 36.1 Å². The molecule has 1 atom stereocenters. The van der Waals surface area contributed by atoms with Crippen molar-refractivity contribution in [2.45, 2.75) is 19.4 Å². The van der Waals surface area contributed by atoms with Crippen LogP contribution in [0.5, 0.6) is 23.0 Å². The first-order valence-electron chi connectivity index (χ1n) is 9.64. The van der Waals surface area contributed by atoms with E-state index in [1.165, 1.54) is 0 Å². The van der Waals surface area contributed by atoms with E-state index >= 15 is 0 Å². The number of ether oxygens (including phenoxy) is 3. The van der Waals surface area contributed by atoms with Crippen LogP contribution in [0.25, 0.3) is 6.08 Å². The Morgan fingerprint density at radius 1 is 1.07 bits per heavy atom. The lowest BCUT2D eigenvalue weighted by Crippen LogP contribution is -2.42. The van der Waals surface area contributed by atoms with Gasteiger partial charge in [-0.05, 0) is 48.4 Å². The number of methoxy groups -OCH3 is 3. The summed E-state index contributed by atoms with van der Waals surface area (Å²) in [6.07, 6.45) is 4.16. The fourth-order valence-electron chi connectivity index (χ4n) is 3.23. The number of rotatable bonds is 11. The van der Waals surface area contributed by atoms with Gasteiger partial charge in [0.05, 0.1) is 21.3 Å². The molecule has 0 aliphatic carbocycles. The third kappa shape index (κ3) is 5.90. The summed E-state index contributed by atoms with van der Waals surface area (Å²) >= 11 is 0. The number of aliphatic carboxylic acids is 1. The fourth-order valence-corrected chi connectivity index (χ4v) is 3.23. The molecule has 2 aromatic carbocycles. The first-order valence-corrected chi connectivity index (χ1v) is 9.64. The van der Waals surface area contributed by atoms with E-state index in [1.54, 1.807) is 45.6 Å². The summed E-state index contributed by atoms with van der Waals surface area (Å²) in [5.41, 5.74) is 1.71. The number of likely N-dealkylation sites (N-methyl/N-ethyl adjacent to an activating group) is 1. The Hall–Kier alpha value is -3.19. The molecule has 7 heteroatoms. The zero-order valence-electron chi connectivity index (χ0n) is 17.8. The van der Waals surface area contributed by atoms with Crippen LogP contribution in [0.15, 0.2) is 42.5 Å². The number of carbonyl (C=O) groups is 1. The quantitative estimate of drug-likeness (QED) is 0.581. The Kier molecular flexibility index (Phi) is 8.55. The van der Waals surface area contributed by atoms with Crippen molar-refractivity contribution in [3.05, 3.63) is 53.6 Å². The van der Waals surface area contributed by atoms with Gasteiger partial charge in [0.25, 0.3) is 0 Å². The lowest BCUT2D eigenvalue weighted by atomic mass is 10.0. The van der Waals surface area contributed by atoms with Gasteiger partial charge in [-0.1, -0.05) is 31.2 Å². The molecule has 30 heavy (non-hydrogen) atoms. The SMILES string of the molecule is CCN(CC=Cc1cc(OC)c(OC)c(OC)c1)[C@@H](Cc1ccc(O)cc1)C(=O)O. The molecule has 0 aromatic heterocycles. The van der Waals surface area contributed by atoms with Crippen LogP contribution < -0.4 is 14.2 Å². The zero-order valence-corrected chi connectivity index (χ0v) is 17.8. The Balaban J connectivity index is 2.16. The molecular weight excluding hydrogens is 386 g/mol. The van der Waals surface area contributed by atoms with Gasteiger partial charge < -0.3 is 24.4 Å². The van der Waals surface area contributed by atoms with Crippen molar-refractivity contribution < 1.29 is 29.2 Å². The average molecular weight is 415 g/mol. The Labute approximate surface area is 177 Å². The summed E-state index contributed by atoms with van der Waals surface area (Å²) in [5, 5.41) is 19.2. The van der Waals surface area contributed by atoms with Crippen molar-refractivity contribution in [3.8, 4) is 23.0 Å². The minimum atomic E-state index is -0.883. The van der Waals surface area contributed by atoms with E-state index in [-0.39, 0.29) is 5.75 Å². The molecule has 2 rings (SSSR count). The van der Waals surface area contributed by atoms with E-state index in [4.69, 9.17) is 14.2 Å². The van der Waals surface area contributed by atoms with Crippen LogP contribution in [0.4, 0.5) is 0 Å². The van der Waals surface area contributed by atoms with Crippen LogP contribution in [0.1, 0.15) is 18.1 Å². The highest BCUT2D eigenvalue weighted by Gasteiger charge is 2.24. The summed E-state index contributed by atoms with van der Waals surface area (Å²) in [6.45, 7) is 2.97. The predicted octanol–water partition coefficient (Wildman–Crippen LogP) is 3.45. The molecule has 0 radical (unpaired) electrons. The van der Waals surface area contributed by atoms with Gasteiger partial charge in [-0.25, -0.2) is 0 Å². The van der Waals surface area contributed by atoms with Crippen LogP contribution in [-0.2, 0) is 11.2 Å². The molecule has 2 N–H and O–H groups in total. The molecule has 2 aromatic rings. The van der Waals surface area contributed by atoms with Crippen molar-refractivity contribution in [2.75, 3.05) is 34.4 Å². The van der Waals surface area contributed by atoms with Crippen molar-refractivity contribution in [1.82, 2.24) is 4.90 Å². The fraction of sp³-hybridized carbons (Fsp3) is 0.348. The molecule has 0 saturated carbocycles. The highest BCUT2D eigenvalue weighted by Crippen LogP contribution is 2.38. The number of phenols is 1. The van der Waals surface area contributed by atoms with Crippen LogP contribution in [0.2, 0.25) is 0 Å². The van der Waals surface area contributed by atoms with E-state index in [0.717, 1.165) is 11.1 Å². The maximum absolute atomic E-state index is 11.9. The minimum absolute atomic E-state index is 0.159. The Morgan fingerprint density at radius 2 is 1.67 bits per heavy atom. The standard InChI is InChI=1S/C23H29NO6/c1-5-24(19(23(26)27)13-16-8-10-18(25)11-9-16)12-6-7-17-14-20(28-2)22(30-4)21(15-17)29-3/h6-11,14-15,19,25H,5,12-13H2,1-4H3,(H,26,27)/t19-/m0/s1. The molecule has 162 valence electrons. The highest BCUT2D eigenvalue weighted by atomic mass is 16.5. The number of carboxylic acid groups (broad SMARTS) is 1. The van der Waals surface area contributed by atoms with Gasteiger partial charge in [0.2, 0.25) is 5.75 Å². The lowest BCUT2D eigenvalue weighted by molar-refractivity contribution is -0.143. The van der Waals surface area contributed by atoms with Gasteiger partial charge in [-0.2, -0.15) is 0 Å². The lowest BCUT2D eigenvalue weighted by Gasteiger charge is -2.26. The summed E-state index contributed by atoms with van der Waals surface area (Å²) in [6, 6.07) is 9.60. The first kappa shape index (κ1) is 23.1. The topological polar surface area (TPSA) is 88.5 Å². The third-order valence-electron chi connectivity index (χ3n) is 4.83. The number of hydrogen-bond acceptors (Lipinski definition) is 6. The second-order valence-electron chi connectivity index (χ2n) is 6.67. The molecule has 0 unspecified atom stereocenters. The van der Waals surface area contributed by atoms with Crippen LogP contribution in [-0.4, -0.2) is 61.5 Å². The molecule has 0 fully saturated rings. The summed E-state index contributed by atoms with van der Waals surface area (Å²) in [5.74, 6) is 0.906. The molecule has 7 nitrogen and oxygen atoms in total. The van der Waals surface area contributed by atoms with Gasteiger partial charge in [0.1, 0.15) is 11.8 Å². The van der Waals surface area contributed by atoms with Gasteiger partial charge in [0.15, 0.2) is 11.5 Å². The predicted molar refractivity (Wildman–Crippen MR) is 116 cm³/mol. The maximum atomic E-state index is 11.9. The van der Waals surface area contributed by atoms with Crippen molar-refractivity contribution >= 4 is 12.0 Å². The van der Waals surface area contributed by atoms with E-state index < -0.39 is 12.0 Å². The molecule has 0 bridgehead atoms. The molecular formula is C23H29NO6. The molecule has 0 saturated heterocycles. The van der Waals surface area contributed by atoms with Crippen LogP contribution >= 0.6 is 0 Å². The van der Waals surface area contributed by atoms with Gasteiger partial charge in [-0.15, -0.1) is 0 Å². The van der Waals surface area contributed by atoms with E-state index in [0.29, 0.717) is 36.8 Å². The zero-order chi connectivity index (χ0) is 22.1. The maximum Gasteiger partial charge on any atom is 0.321 e. The third-order valence-corrected chi connectivity index (χ3v) is 4.83. The molecule has 0 spiro atoms. The average Bonchev–Trinajstić information content (AvgIpc) is 2.75. The van der Waals surface area contributed by atoms with Crippen molar-refractivity contribution in [3.63, 3.8) is 0 Å². The van der Waals surface area contributed by atoms with Crippen LogP contribution in [0.3, 0.4) is 0 Å². The second kappa shape index (κ2) is 11.1. The normalized spacial score (nSPS) is 12.2. The summed E-state index contributed by atoms with van der Waals surface area (Å²) in [7, 11) is 4.67. The van der Waals surface area contributed by atoms with E-state index in [2.05, 4.69) is 0 Å². The molecule has 0 aliphatic heterocycles. The number of carboxylic acids is 1. The van der Waals surface area contributed by atoms with Crippen LogP contribution in [0, 0.1) is 0 Å². The molecule has 0 amide bonds. The Morgan fingerprint density at radius 3 is 2.13 bits per heavy atom. The Bertz CT molecular complexity index is 837. The number of phenolic OH excluding ortho intramolecular Hbond substituents is 1. The minimum Gasteiger partial charge on any atom is -0.508 e. The number of aromatic hydroxyl groups is 1. The smallest absolute Gasteiger partial charge is 0.321 e. The second-order valence-corrected chi connectivity index (χ2v) is 6.67. The van der Waals surface area contributed by atoms with Gasteiger partial charge >= 0.3 is 5.97 Å².